The third kappa shape index (κ3) is 5.93. The maximum atomic E-state index is 2.70. The molecule has 0 aromatic carbocycles. The van der Waals surface area contributed by atoms with Crippen molar-refractivity contribution in [1.82, 2.24) is 0 Å². The molecule has 0 saturated heterocycles. The van der Waals surface area contributed by atoms with Crippen LogP contribution in [0.3, 0.4) is 0 Å². The molecule has 1 aliphatic carbocycles. The monoisotopic (exact) mass is 468 g/mol. The summed E-state index contributed by atoms with van der Waals surface area (Å²) in [6.45, 7) is 0. The van der Waals surface area contributed by atoms with Crippen LogP contribution in [0.1, 0.15) is 51.4 Å². The molecular weight excluding hydrogens is 430 g/mol. The summed E-state index contributed by atoms with van der Waals surface area (Å²) >= 11 is -3.47. The first-order chi connectivity index (χ1) is 8.23. The van der Waals surface area contributed by atoms with Crippen LogP contribution in [0.4, 0.5) is 0 Å². The quantitative estimate of drug-likeness (QED) is 0.406. The first-order valence-electron chi connectivity index (χ1n) is 8.23. The van der Waals surface area contributed by atoms with Crippen molar-refractivity contribution in [2.45, 2.75) is 88.9 Å². The first-order valence-corrected chi connectivity index (χ1v) is 28.6. The van der Waals surface area contributed by atoms with Gasteiger partial charge in [-0.15, -0.1) is 0 Å². The third-order valence-electron chi connectivity index (χ3n) is 4.99. The average Bonchev–Trinajstić information content (AvgIpc) is 2.22. The maximum absolute atomic E-state index is 2.70. The van der Waals surface area contributed by atoms with Gasteiger partial charge in [0, 0.05) is 0 Å². The predicted molar refractivity (Wildman–Crippen MR) is 91.1 cm³/mol. The fourth-order valence-corrected chi connectivity index (χ4v) is 37.0. The van der Waals surface area contributed by atoms with Gasteiger partial charge in [0.1, 0.15) is 0 Å². The van der Waals surface area contributed by atoms with Gasteiger partial charge in [0.2, 0.25) is 0 Å². The van der Waals surface area contributed by atoms with Crippen molar-refractivity contribution in [3.05, 3.63) is 0 Å². The molecule has 2 heteroatoms. The summed E-state index contributed by atoms with van der Waals surface area (Å²) in [4.78, 5) is 16.2. The molecule has 0 bridgehead atoms. The Morgan fingerprint density at radius 1 is 0.500 bits per heavy atom. The third-order valence-corrected chi connectivity index (χ3v) is 24.3. The van der Waals surface area contributed by atoms with Crippen LogP contribution in [0.15, 0.2) is 0 Å². The van der Waals surface area contributed by atoms with Crippen LogP contribution >= 0.6 is 0 Å². The van der Waals surface area contributed by atoms with Gasteiger partial charge in [-0.2, -0.15) is 0 Å². The summed E-state index contributed by atoms with van der Waals surface area (Å²) in [6.07, 6.45) is 12.3. The summed E-state index contributed by atoms with van der Waals surface area (Å²) in [5.41, 5.74) is 0. The zero-order chi connectivity index (χ0) is 13.8. The van der Waals surface area contributed by atoms with Crippen molar-refractivity contribution in [2.75, 3.05) is 0 Å². The normalized spacial score (nSPS) is 29.0. The fraction of sp³-hybridized carbons (Fsp3) is 1.00. The van der Waals surface area contributed by atoms with E-state index in [2.05, 4.69) is 29.6 Å². The van der Waals surface area contributed by atoms with E-state index in [4.69, 9.17) is 0 Å². The molecule has 0 N–H and O–H groups in total. The van der Waals surface area contributed by atoms with Gasteiger partial charge in [-0.05, 0) is 0 Å². The van der Waals surface area contributed by atoms with Crippen LogP contribution in [-0.4, -0.2) is 36.8 Å². The van der Waals surface area contributed by atoms with E-state index in [1.807, 2.05) is 0 Å². The van der Waals surface area contributed by atoms with Gasteiger partial charge >= 0.3 is 126 Å². The van der Waals surface area contributed by atoms with Gasteiger partial charge in [-0.25, -0.2) is 0 Å². The Kier molecular flexibility index (Phi) is 7.41. The molecule has 18 heavy (non-hydrogen) atoms. The number of hydrogen-bond donors (Lipinski definition) is 0. The Balaban J connectivity index is 2.85. The van der Waals surface area contributed by atoms with Crippen LogP contribution in [0.5, 0.6) is 0 Å². The van der Waals surface area contributed by atoms with Crippen LogP contribution in [0, 0.1) is 0 Å². The molecule has 2 atom stereocenters. The number of rotatable bonds is 2. The van der Waals surface area contributed by atoms with Crippen LogP contribution in [0.25, 0.3) is 0 Å². The number of hydrogen-bond acceptors (Lipinski definition) is 0. The summed E-state index contributed by atoms with van der Waals surface area (Å²) in [5.74, 6) is 0. The fourth-order valence-electron chi connectivity index (χ4n) is 3.91. The Morgan fingerprint density at radius 2 is 0.778 bits per heavy atom. The second kappa shape index (κ2) is 7.56. The molecule has 0 radical (unpaired) electrons. The van der Waals surface area contributed by atoms with E-state index in [9.17, 15) is 0 Å². The summed E-state index contributed by atoms with van der Waals surface area (Å²) in [7, 11) is 0. The average molecular weight is 466 g/mol. The minimum atomic E-state index is -1.73. The molecule has 0 aromatic heterocycles. The zero-order valence-electron chi connectivity index (χ0n) is 13.8. The Labute approximate surface area is 124 Å². The van der Waals surface area contributed by atoms with E-state index in [1.54, 1.807) is 12.8 Å². The molecule has 1 rings (SSSR count). The SMILES string of the molecule is [CH3][Sn]([CH3])([CH3])[CH]1CCCCCCCC[CH]1[Sn]([CH3])([CH3])[CH3]. The first kappa shape index (κ1) is 17.6. The van der Waals surface area contributed by atoms with Crippen molar-refractivity contribution in [3.8, 4) is 0 Å². The van der Waals surface area contributed by atoms with Gasteiger partial charge in [0.25, 0.3) is 0 Å². The van der Waals surface area contributed by atoms with Crippen molar-refractivity contribution >= 4 is 36.8 Å². The minimum absolute atomic E-state index is 1.20. The second-order valence-electron chi connectivity index (χ2n) is 8.64. The summed E-state index contributed by atoms with van der Waals surface area (Å²) in [5, 5.41) is 0. The van der Waals surface area contributed by atoms with Gasteiger partial charge in [-0.1, -0.05) is 0 Å². The van der Waals surface area contributed by atoms with Crippen LogP contribution in [0.2, 0.25) is 37.5 Å². The van der Waals surface area contributed by atoms with E-state index in [1.165, 1.54) is 46.4 Å². The van der Waals surface area contributed by atoms with Crippen molar-refractivity contribution < 1.29 is 0 Å². The molecular formula is C16H36Sn2. The van der Waals surface area contributed by atoms with E-state index in [0.29, 0.717) is 0 Å². The van der Waals surface area contributed by atoms with Crippen molar-refractivity contribution in [1.29, 1.82) is 0 Å². The predicted octanol–water partition coefficient (Wildman–Crippen LogP) is 6.54. The van der Waals surface area contributed by atoms with E-state index in [0.717, 1.165) is 0 Å². The van der Waals surface area contributed by atoms with Crippen molar-refractivity contribution in [3.63, 3.8) is 0 Å². The molecule has 2 unspecified atom stereocenters. The second-order valence-corrected chi connectivity index (χ2v) is 39.9. The van der Waals surface area contributed by atoms with Gasteiger partial charge in [0.15, 0.2) is 0 Å². The molecule has 0 amide bonds. The van der Waals surface area contributed by atoms with E-state index < -0.39 is 36.8 Å². The summed E-state index contributed by atoms with van der Waals surface area (Å²) < 4.78 is 2.40. The molecule has 0 aliphatic heterocycles. The van der Waals surface area contributed by atoms with Crippen molar-refractivity contribution in [2.24, 2.45) is 0 Å². The summed E-state index contributed by atoms with van der Waals surface area (Å²) in [6, 6.07) is 0. The van der Waals surface area contributed by atoms with Crippen LogP contribution < -0.4 is 0 Å². The molecule has 1 saturated carbocycles. The Morgan fingerprint density at radius 3 is 1.06 bits per heavy atom. The molecule has 1 fully saturated rings. The van der Waals surface area contributed by atoms with Crippen LogP contribution in [-0.2, 0) is 0 Å². The zero-order valence-corrected chi connectivity index (χ0v) is 19.5. The standard InChI is InChI=1S/C10H18.6CH3.2Sn/c1-2-4-6-8-10-9-7-5-3-1;;;;;;;;/h1-2H,3-10H2;6*1H3;;. The molecule has 0 spiro atoms. The molecule has 108 valence electrons. The topological polar surface area (TPSA) is 0 Å². The Hall–Kier alpha value is 1.60. The molecule has 0 aromatic rings. The van der Waals surface area contributed by atoms with Gasteiger partial charge < -0.3 is 0 Å². The Bertz CT molecular complexity index is 208. The van der Waals surface area contributed by atoms with Gasteiger partial charge in [0.05, 0.1) is 0 Å². The van der Waals surface area contributed by atoms with E-state index in [-0.39, 0.29) is 0 Å². The van der Waals surface area contributed by atoms with E-state index >= 15 is 0 Å². The molecule has 0 nitrogen and oxygen atoms in total. The molecule has 0 heterocycles. The van der Waals surface area contributed by atoms with Gasteiger partial charge in [-0.3, -0.25) is 0 Å². The molecule has 1 aliphatic rings.